The minimum absolute atomic E-state index is 0.125. The number of benzene rings is 1. The number of aromatic nitrogens is 3. The lowest BCUT2D eigenvalue weighted by molar-refractivity contribution is 0.0940. The van der Waals surface area contributed by atoms with Crippen molar-refractivity contribution < 1.29 is 4.79 Å². The molecule has 3 rings (SSSR count). The van der Waals surface area contributed by atoms with E-state index >= 15 is 0 Å². The van der Waals surface area contributed by atoms with Crippen LogP contribution in [0.25, 0.3) is 16.9 Å². The van der Waals surface area contributed by atoms with Gasteiger partial charge in [0.15, 0.2) is 5.65 Å². The van der Waals surface area contributed by atoms with Crippen LogP contribution in [0.15, 0.2) is 48.8 Å². The first-order chi connectivity index (χ1) is 10.7. The van der Waals surface area contributed by atoms with Gasteiger partial charge < -0.3 is 5.32 Å². The van der Waals surface area contributed by atoms with Gasteiger partial charge in [-0.1, -0.05) is 37.3 Å². The molecule has 5 heteroatoms. The zero-order valence-corrected chi connectivity index (χ0v) is 12.7. The molecular weight excluding hydrogens is 276 g/mol. The molecule has 0 aliphatic rings. The Bertz CT molecular complexity index is 795. The summed E-state index contributed by atoms with van der Waals surface area (Å²) in [5.41, 5.74) is 3.01. The van der Waals surface area contributed by atoms with Gasteiger partial charge in [-0.15, -0.1) is 0 Å². The second-order valence-electron chi connectivity index (χ2n) is 5.27. The van der Waals surface area contributed by atoms with Crippen molar-refractivity contribution in [3.05, 3.63) is 54.4 Å². The highest BCUT2D eigenvalue weighted by molar-refractivity contribution is 6.00. The first-order valence-corrected chi connectivity index (χ1v) is 7.39. The van der Waals surface area contributed by atoms with E-state index in [0.717, 1.165) is 17.7 Å². The Kier molecular flexibility index (Phi) is 3.87. The lowest BCUT2D eigenvalue weighted by Crippen LogP contribution is -2.31. The van der Waals surface area contributed by atoms with E-state index in [9.17, 15) is 4.79 Å². The summed E-state index contributed by atoms with van der Waals surface area (Å²) < 4.78 is 1.71. The van der Waals surface area contributed by atoms with Crippen LogP contribution in [0, 0.1) is 0 Å². The van der Waals surface area contributed by atoms with E-state index in [1.807, 2.05) is 50.2 Å². The van der Waals surface area contributed by atoms with E-state index in [1.165, 1.54) is 0 Å². The molecule has 112 valence electrons. The normalized spacial score (nSPS) is 12.3. The molecule has 1 N–H and O–H groups in total. The summed E-state index contributed by atoms with van der Waals surface area (Å²) in [5, 5.41) is 7.29. The van der Waals surface area contributed by atoms with Gasteiger partial charge in [0.25, 0.3) is 5.91 Å². The maximum absolute atomic E-state index is 12.3. The van der Waals surface area contributed by atoms with Crippen molar-refractivity contribution in [2.24, 2.45) is 0 Å². The molecule has 1 aromatic carbocycles. The molecule has 1 atom stereocenters. The van der Waals surface area contributed by atoms with E-state index in [2.05, 4.69) is 15.4 Å². The third-order valence-electron chi connectivity index (χ3n) is 3.71. The number of carbonyl (C=O) groups is 1. The number of fused-ring (bicyclic) bond motifs is 1. The maximum atomic E-state index is 12.3. The summed E-state index contributed by atoms with van der Waals surface area (Å²) in [4.78, 5) is 16.7. The van der Waals surface area contributed by atoms with Crippen LogP contribution in [0.1, 0.15) is 30.6 Å². The number of carbonyl (C=O) groups excluding carboxylic acids is 1. The highest BCUT2D eigenvalue weighted by Gasteiger charge is 2.17. The number of hydrogen-bond acceptors (Lipinski definition) is 3. The number of hydrogen-bond donors (Lipinski definition) is 1. The Morgan fingerprint density at radius 1 is 1.27 bits per heavy atom. The molecule has 3 aromatic rings. The first-order valence-electron chi connectivity index (χ1n) is 7.39. The number of rotatable bonds is 4. The van der Waals surface area contributed by atoms with Gasteiger partial charge in [0.05, 0.1) is 11.9 Å². The van der Waals surface area contributed by atoms with Gasteiger partial charge in [-0.25, -0.2) is 9.50 Å². The van der Waals surface area contributed by atoms with Gasteiger partial charge in [0.2, 0.25) is 0 Å². The van der Waals surface area contributed by atoms with Crippen LogP contribution in [0.5, 0.6) is 0 Å². The molecule has 2 aromatic heterocycles. The molecule has 0 saturated heterocycles. The number of nitrogens with zero attached hydrogens (tertiary/aromatic N) is 3. The quantitative estimate of drug-likeness (QED) is 0.805. The summed E-state index contributed by atoms with van der Waals surface area (Å²) in [7, 11) is 0. The van der Waals surface area contributed by atoms with Gasteiger partial charge in [-0.05, 0) is 19.4 Å². The van der Waals surface area contributed by atoms with Crippen LogP contribution in [-0.4, -0.2) is 26.5 Å². The smallest absolute Gasteiger partial charge is 0.256 e. The minimum Gasteiger partial charge on any atom is -0.349 e. The third-order valence-corrected chi connectivity index (χ3v) is 3.71. The van der Waals surface area contributed by atoms with Crippen molar-refractivity contribution >= 4 is 11.6 Å². The molecule has 0 radical (unpaired) electrons. The van der Waals surface area contributed by atoms with Crippen LogP contribution in [0.3, 0.4) is 0 Å². The zero-order valence-electron chi connectivity index (χ0n) is 12.7. The van der Waals surface area contributed by atoms with Crippen LogP contribution >= 0.6 is 0 Å². The Hall–Kier alpha value is -2.69. The predicted octanol–water partition coefficient (Wildman–Crippen LogP) is 2.92. The van der Waals surface area contributed by atoms with Gasteiger partial charge in [-0.2, -0.15) is 5.10 Å². The van der Waals surface area contributed by atoms with Gasteiger partial charge >= 0.3 is 0 Å². The van der Waals surface area contributed by atoms with Crippen molar-refractivity contribution in [3.63, 3.8) is 0 Å². The highest BCUT2D eigenvalue weighted by atomic mass is 16.1. The third kappa shape index (κ3) is 2.57. The van der Waals surface area contributed by atoms with E-state index in [1.54, 1.807) is 16.9 Å². The van der Waals surface area contributed by atoms with Crippen LogP contribution in [0.2, 0.25) is 0 Å². The SMILES string of the molecule is CCC(C)NC(=O)c1cnn2c(-c3ccccc3)ccnc12. The fourth-order valence-corrected chi connectivity index (χ4v) is 2.28. The average Bonchev–Trinajstić information content (AvgIpc) is 2.99. The topological polar surface area (TPSA) is 59.3 Å². The summed E-state index contributed by atoms with van der Waals surface area (Å²) in [6.07, 6.45) is 4.17. The van der Waals surface area contributed by atoms with Crippen molar-refractivity contribution in [3.8, 4) is 11.3 Å². The summed E-state index contributed by atoms with van der Waals surface area (Å²) in [6.45, 7) is 4.01. The summed E-state index contributed by atoms with van der Waals surface area (Å²) in [5.74, 6) is -0.137. The lowest BCUT2D eigenvalue weighted by Gasteiger charge is -2.10. The van der Waals surface area contributed by atoms with Crippen molar-refractivity contribution in [1.82, 2.24) is 19.9 Å². The molecule has 2 heterocycles. The van der Waals surface area contributed by atoms with Crippen LogP contribution in [0.4, 0.5) is 0 Å². The van der Waals surface area contributed by atoms with Crippen molar-refractivity contribution in [1.29, 1.82) is 0 Å². The Labute approximate surface area is 129 Å². The largest absolute Gasteiger partial charge is 0.349 e. The summed E-state index contributed by atoms with van der Waals surface area (Å²) >= 11 is 0. The van der Waals surface area contributed by atoms with Gasteiger partial charge in [0, 0.05) is 17.8 Å². The molecule has 22 heavy (non-hydrogen) atoms. The Morgan fingerprint density at radius 3 is 2.77 bits per heavy atom. The lowest BCUT2D eigenvalue weighted by atomic mass is 10.1. The van der Waals surface area contributed by atoms with Crippen LogP contribution < -0.4 is 5.32 Å². The molecule has 0 fully saturated rings. The molecule has 1 amide bonds. The van der Waals surface area contributed by atoms with Crippen molar-refractivity contribution in [2.45, 2.75) is 26.3 Å². The molecular formula is C17H18N4O. The standard InChI is InChI=1S/C17H18N4O/c1-3-12(2)20-17(22)14-11-19-21-15(9-10-18-16(14)21)13-7-5-4-6-8-13/h4-12H,3H2,1-2H3,(H,20,22). The van der Waals surface area contributed by atoms with Crippen molar-refractivity contribution in [2.75, 3.05) is 0 Å². The molecule has 0 saturated carbocycles. The fourth-order valence-electron chi connectivity index (χ4n) is 2.28. The molecule has 5 nitrogen and oxygen atoms in total. The fraction of sp³-hybridized carbons (Fsp3) is 0.235. The van der Waals surface area contributed by atoms with E-state index in [4.69, 9.17) is 0 Å². The van der Waals surface area contributed by atoms with E-state index in [-0.39, 0.29) is 11.9 Å². The van der Waals surface area contributed by atoms with Gasteiger partial charge in [0.1, 0.15) is 5.56 Å². The predicted molar refractivity (Wildman–Crippen MR) is 85.6 cm³/mol. The second-order valence-corrected chi connectivity index (χ2v) is 5.27. The highest BCUT2D eigenvalue weighted by Crippen LogP contribution is 2.20. The molecule has 0 bridgehead atoms. The zero-order chi connectivity index (χ0) is 15.5. The summed E-state index contributed by atoms with van der Waals surface area (Å²) in [6, 6.07) is 12.0. The molecule has 0 aliphatic heterocycles. The second kappa shape index (κ2) is 5.97. The van der Waals surface area contributed by atoms with Gasteiger partial charge in [-0.3, -0.25) is 4.79 Å². The molecule has 1 unspecified atom stereocenters. The number of amides is 1. The minimum atomic E-state index is -0.137. The average molecular weight is 294 g/mol. The number of nitrogens with one attached hydrogen (secondary N) is 1. The maximum Gasteiger partial charge on any atom is 0.256 e. The first kappa shape index (κ1) is 14.3. The monoisotopic (exact) mass is 294 g/mol. The molecule has 0 aliphatic carbocycles. The Balaban J connectivity index is 2.04. The van der Waals surface area contributed by atoms with E-state index in [0.29, 0.717) is 11.2 Å². The molecule has 0 spiro atoms. The van der Waals surface area contributed by atoms with Crippen LogP contribution in [-0.2, 0) is 0 Å². The Morgan fingerprint density at radius 2 is 2.05 bits per heavy atom. The van der Waals surface area contributed by atoms with E-state index < -0.39 is 0 Å².